The van der Waals surface area contributed by atoms with Crippen molar-refractivity contribution >= 4 is 27.5 Å². The molecule has 0 spiro atoms. The van der Waals surface area contributed by atoms with Gasteiger partial charge < -0.3 is 10.2 Å². The van der Waals surface area contributed by atoms with Gasteiger partial charge in [-0.25, -0.2) is 8.42 Å². The van der Waals surface area contributed by atoms with E-state index >= 15 is 0 Å². The van der Waals surface area contributed by atoms with Crippen LogP contribution in [0.15, 0.2) is 114 Å². The van der Waals surface area contributed by atoms with E-state index in [9.17, 15) is 18.0 Å². The first-order valence-corrected chi connectivity index (χ1v) is 15.4. The van der Waals surface area contributed by atoms with Gasteiger partial charge in [-0.2, -0.15) is 0 Å². The van der Waals surface area contributed by atoms with Crippen LogP contribution < -0.4 is 9.62 Å². The van der Waals surface area contributed by atoms with Gasteiger partial charge in [-0.1, -0.05) is 96.1 Å². The van der Waals surface area contributed by atoms with Crippen LogP contribution in [0.5, 0.6) is 0 Å². The Hall–Kier alpha value is -4.43. The number of hydrogen-bond donors (Lipinski definition) is 1. The van der Waals surface area contributed by atoms with Gasteiger partial charge in [0.1, 0.15) is 12.6 Å². The van der Waals surface area contributed by atoms with Gasteiger partial charge >= 0.3 is 0 Å². The van der Waals surface area contributed by atoms with E-state index in [2.05, 4.69) is 5.32 Å². The third-order valence-electron chi connectivity index (χ3n) is 6.99. The molecule has 0 aromatic heterocycles. The first-order valence-electron chi connectivity index (χ1n) is 14.0. The minimum absolute atomic E-state index is 0.0770. The molecule has 42 heavy (non-hydrogen) atoms. The molecule has 2 amide bonds. The number of hydrogen-bond acceptors (Lipinski definition) is 4. The molecule has 0 heterocycles. The number of anilines is 1. The maximum Gasteiger partial charge on any atom is 0.264 e. The predicted molar refractivity (Wildman–Crippen MR) is 166 cm³/mol. The van der Waals surface area contributed by atoms with Crippen molar-refractivity contribution in [3.63, 3.8) is 0 Å². The number of aryl methyl sites for hydroxylation is 2. The average molecular weight is 584 g/mol. The number of nitrogens with one attached hydrogen (secondary N) is 1. The summed E-state index contributed by atoms with van der Waals surface area (Å²) in [5, 5.41) is 2.88. The highest BCUT2D eigenvalue weighted by Crippen LogP contribution is 2.25. The van der Waals surface area contributed by atoms with Gasteiger partial charge in [0.25, 0.3) is 10.0 Å². The van der Waals surface area contributed by atoms with Gasteiger partial charge in [0, 0.05) is 19.5 Å². The Labute approximate surface area is 248 Å². The largest absolute Gasteiger partial charge is 0.355 e. The smallest absolute Gasteiger partial charge is 0.264 e. The summed E-state index contributed by atoms with van der Waals surface area (Å²) in [5.41, 5.74) is 4.08. The number of rotatable bonds is 12. The zero-order valence-electron chi connectivity index (χ0n) is 24.2. The Kier molecular flexibility index (Phi) is 10.1. The number of likely N-dealkylation sites (N-methyl/N-ethyl adjacent to an activating group) is 1. The second-order valence-corrected chi connectivity index (χ2v) is 12.1. The van der Waals surface area contributed by atoms with Crippen LogP contribution in [0.2, 0.25) is 0 Å². The van der Waals surface area contributed by atoms with E-state index in [0.29, 0.717) is 12.2 Å². The molecule has 218 valence electrons. The maximum absolute atomic E-state index is 14.3. The SMILES string of the molecule is CCNC(=O)C(Cc1ccccc1)N(Cc1cccc(C)c1)C(=O)CN(c1ccc(C)cc1)S(=O)(=O)c1ccccc1. The molecule has 4 aromatic carbocycles. The van der Waals surface area contributed by atoms with Gasteiger partial charge in [0.2, 0.25) is 11.8 Å². The minimum Gasteiger partial charge on any atom is -0.355 e. The highest BCUT2D eigenvalue weighted by atomic mass is 32.2. The quantitative estimate of drug-likeness (QED) is 0.246. The van der Waals surface area contributed by atoms with Gasteiger partial charge in [-0.05, 0) is 56.2 Å². The molecule has 0 aliphatic heterocycles. The zero-order valence-corrected chi connectivity index (χ0v) is 25.1. The maximum atomic E-state index is 14.3. The van der Waals surface area contributed by atoms with Crippen molar-refractivity contribution in [2.45, 2.75) is 44.7 Å². The summed E-state index contributed by atoms with van der Waals surface area (Å²) in [6, 6.07) is 31.5. The highest BCUT2D eigenvalue weighted by molar-refractivity contribution is 7.92. The summed E-state index contributed by atoms with van der Waals surface area (Å²) in [6.07, 6.45) is 0.278. The number of benzene rings is 4. The molecule has 8 heteroatoms. The summed E-state index contributed by atoms with van der Waals surface area (Å²) in [6.45, 7) is 5.77. The number of amides is 2. The fraction of sp³-hybridized carbons (Fsp3) is 0.235. The average Bonchev–Trinajstić information content (AvgIpc) is 2.99. The fourth-order valence-corrected chi connectivity index (χ4v) is 6.25. The van der Waals surface area contributed by atoms with E-state index in [1.807, 2.05) is 87.5 Å². The van der Waals surface area contributed by atoms with Gasteiger partial charge in [0.05, 0.1) is 10.6 Å². The molecule has 1 unspecified atom stereocenters. The first-order chi connectivity index (χ1) is 20.2. The van der Waals surface area contributed by atoms with Crippen LogP contribution in [-0.2, 0) is 32.6 Å². The first kappa shape index (κ1) is 30.5. The van der Waals surface area contributed by atoms with E-state index in [1.54, 1.807) is 30.3 Å². The summed E-state index contributed by atoms with van der Waals surface area (Å²) in [4.78, 5) is 29.5. The second kappa shape index (κ2) is 14.0. The number of carbonyl (C=O) groups is 2. The van der Waals surface area contributed by atoms with E-state index in [0.717, 1.165) is 26.6 Å². The van der Waals surface area contributed by atoms with Crippen LogP contribution in [0.3, 0.4) is 0 Å². The van der Waals surface area contributed by atoms with Crippen molar-refractivity contribution in [3.8, 4) is 0 Å². The van der Waals surface area contributed by atoms with Crippen molar-refractivity contribution in [2.75, 3.05) is 17.4 Å². The summed E-state index contributed by atoms with van der Waals surface area (Å²) in [7, 11) is -4.10. The van der Waals surface area contributed by atoms with Crippen LogP contribution in [-0.4, -0.2) is 44.3 Å². The molecule has 1 atom stereocenters. The molecular formula is C34H37N3O4S. The lowest BCUT2D eigenvalue weighted by molar-refractivity contribution is -0.140. The molecule has 0 bridgehead atoms. The molecule has 4 aromatic rings. The molecule has 0 saturated carbocycles. The van der Waals surface area contributed by atoms with Crippen LogP contribution in [0.4, 0.5) is 5.69 Å². The third kappa shape index (κ3) is 7.64. The summed E-state index contributed by atoms with van der Waals surface area (Å²) in [5.74, 6) is -0.779. The Bertz CT molecular complexity index is 1590. The lowest BCUT2D eigenvalue weighted by atomic mass is 10.0. The molecule has 7 nitrogen and oxygen atoms in total. The summed E-state index contributed by atoms with van der Waals surface area (Å²) >= 11 is 0. The van der Waals surface area contributed by atoms with Crippen molar-refractivity contribution in [1.82, 2.24) is 10.2 Å². The predicted octanol–water partition coefficient (Wildman–Crippen LogP) is 5.27. The van der Waals surface area contributed by atoms with Gasteiger partial charge in [-0.3, -0.25) is 13.9 Å². The molecule has 0 saturated heterocycles. The van der Waals surface area contributed by atoms with E-state index in [4.69, 9.17) is 0 Å². The van der Waals surface area contributed by atoms with Crippen LogP contribution in [0.25, 0.3) is 0 Å². The normalized spacial score (nSPS) is 11.9. The van der Waals surface area contributed by atoms with Crippen LogP contribution >= 0.6 is 0 Å². The summed E-state index contributed by atoms with van der Waals surface area (Å²) < 4.78 is 29.0. The molecule has 0 aliphatic carbocycles. The van der Waals surface area contributed by atoms with Crippen molar-refractivity contribution in [1.29, 1.82) is 0 Å². The van der Waals surface area contributed by atoms with E-state index in [-0.39, 0.29) is 23.8 Å². The molecule has 0 radical (unpaired) electrons. The highest BCUT2D eigenvalue weighted by Gasteiger charge is 2.34. The van der Waals surface area contributed by atoms with Gasteiger partial charge in [0.15, 0.2) is 0 Å². The van der Waals surface area contributed by atoms with E-state index < -0.39 is 28.5 Å². The van der Waals surface area contributed by atoms with Crippen molar-refractivity contribution < 1.29 is 18.0 Å². The minimum atomic E-state index is -4.10. The fourth-order valence-electron chi connectivity index (χ4n) is 4.81. The molecule has 0 aliphatic rings. The Morgan fingerprint density at radius 1 is 0.762 bits per heavy atom. The Morgan fingerprint density at radius 2 is 1.38 bits per heavy atom. The lowest BCUT2D eigenvalue weighted by Gasteiger charge is -2.34. The number of nitrogens with zero attached hydrogens (tertiary/aromatic N) is 2. The topological polar surface area (TPSA) is 86.8 Å². The van der Waals surface area contributed by atoms with Crippen molar-refractivity contribution in [3.05, 3.63) is 131 Å². The van der Waals surface area contributed by atoms with Crippen molar-refractivity contribution in [2.24, 2.45) is 0 Å². The zero-order chi connectivity index (χ0) is 30.1. The van der Waals surface area contributed by atoms with Crippen LogP contribution in [0.1, 0.15) is 29.2 Å². The van der Waals surface area contributed by atoms with E-state index in [1.165, 1.54) is 17.0 Å². The number of sulfonamides is 1. The lowest BCUT2D eigenvalue weighted by Crippen LogP contribution is -2.53. The molecule has 1 N–H and O–H groups in total. The molecule has 4 rings (SSSR count). The monoisotopic (exact) mass is 583 g/mol. The number of carbonyl (C=O) groups excluding carboxylic acids is 2. The Balaban J connectivity index is 1.78. The molecule has 0 fully saturated rings. The second-order valence-electron chi connectivity index (χ2n) is 10.3. The standard InChI is InChI=1S/C34H37N3O4S/c1-4-35-34(39)32(23-28-13-7-5-8-14-28)36(24-29-15-11-12-27(3)22-29)33(38)25-37(30-20-18-26(2)19-21-30)42(40,41)31-16-9-6-10-17-31/h5-22,32H,4,23-25H2,1-3H3,(H,35,39). The molecular weight excluding hydrogens is 546 g/mol. The van der Waals surface area contributed by atoms with Gasteiger partial charge in [-0.15, -0.1) is 0 Å². The van der Waals surface area contributed by atoms with Crippen LogP contribution in [0, 0.1) is 13.8 Å². The Morgan fingerprint density at radius 3 is 2.00 bits per heavy atom. The third-order valence-corrected chi connectivity index (χ3v) is 8.78.